The fraction of sp³-hybridized carbons (Fsp3) is 0.222. The Morgan fingerprint density at radius 2 is 2.40 bits per heavy atom. The van der Waals surface area contributed by atoms with E-state index in [1.807, 2.05) is 19.1 Å². The van der Waals surface area contributed by atoms with Gasteiger partial charge in [-0.2, -0.15) is 4.98 Å². The summed E-state index contributed by atoms with van der Waals surface area (Å²) in [4.78, 5) is 16.3. The SMILES string of the molecule is CCc1ccc(-c2nc(C(=O)O)no2)s1. The van der Waals surface area contributed by atoms with Crippen LogP contribution in [0.2, 0.25) is 0 Å². The lowest BCUT2D eigenvalue weighted by molar-refractivity contribution is 0.0680. The fourth-order valence-electron chi connectivity index (χ4n) is 1.09. The van der Waals surface area contributed by atoms with Crippen LogP contribution in [0.1, 0.15) is 22.4 Å². The molecule has 0 saturated carbocycles. The molecule has 5 nitrogen and oxygen atoms in total. The first-order valence-electron chi connectivity index (χ1n) is 4.36. The first kappa shape index (κ1) is 9.85. The second kappa shape index (κ2) is 3.82. The summed E-state index contributed by atoms with van der Waals surface area (Å²) in [5, 5.41) is 12.0. The first-order chi connectivity index (χ1) is 7.20. The summed E-state index contributed by atoms with van der Waals surface area (Å²) in [5.74, 6) is -1.23. The predicted molar refractivity (Wildman–Crippen MR) is 53.9 cm³/mol. The molecule has 0 amide bonds. The van der Waals surface area contributed by atoms with Gasteiger partial charge in [-0.1, -0.05) is 6.92 Å². The van der Waals surface area contributed by atoms with E-state index in [2.05, 4.69) is 10.1 Å². The number of carboxylic acid groups (broad SMARTS) is 1. The predicted octanol–water partition coefficient (Wildman–Crippen LogP) is 2.06. The molecule has 0 fully saturated rings. The maximum absolute atomic E-state index is 10.5. The van der Waals surface area contributed by atoms with Crippen molar-refractivity contribution in [2.45, 2.75) is 13.3 Å². The number of hydrogen-bond acceptors (Lipinski definition) is 5. The number of carboxylic acids is 1. The van der Waals surface area contributed by atoms with Gasteiger partial charge in [-0.3, -0.25) is 0 Å². The Bertz CT molecular complexity index is 489. The monoisotopic (exact) mass is 224 g/mol. The van der Waals surface area contributed by atoms with Crippen molar-refractivity contribution in [3.63, 3.8) is 0 Å². The highest BCUT2D eigenvalue weighted by atomic mass is 32.1. The molecule has 0 aliphatic carbocycles. The molecular formula is C9H8N2O3S. The molecule has 2 aromatic heterocycles. The zero-order chi connectivity index (χ0) is 10.8. The minimum absolute atomic E-state index is 0.261. The molecule has 0 aromatic carbocycles. The normalized spacial score (nSPS) is 10.5. The Morgan fingerprint density at radius 1 is 1.60 bits per heavy atom. The molecule has 1 N–H and O–H groups in total. The van der Waals surface area contributed by atoms with Crippen molar-refractivity contribution in [1.29, 1.82) is 0 Å². The number of aromatic carboxylic acids is 1. The molecule has 0 aliphatic rings. The molecular weight excluding hydrogens is 216 g/mol. The Morgan fingerprint density at radius 3 is 2.93 bits per heavy atom. The van der Waals surface area contributed by atoms with Gasteiger partial charge < -0.3 is 9.63 Å². The quantitative estimate of drug-likeness (QED) is 0.863. The van der Waals surface area contributed by atoms with E-state index in [0.29, 0.717) is 0 Å². The van der Waals surface area contributed by atoms with Crippen LogP contribution in [0.4, 0.5) is 0 Å². The maximum Gasteiger partial charge on any atom is 0.377 e. The minimum atomic E-state index is -1.18. The van der Waals surface area contributed by atoms with Gasteiger partial charge in [0.2, 0.25) is 0 Å². The molecule has 0 bridgehead atoms. The Balaban J connectivity index is 2.32. The van der Waals surface area contributed by atoms with E-state index >= 15 is 0 Å². The van der Waals surface area contributed by atoms with E-state index in [1.54, 1.807) is 0 Å². The summed E-state index contributed by atoms with van der Waals surface area (Å²) in [5.41, 5.74) is 0. The number of aryl methyl sites for hydroxylation is 1. The number of hydrogen-bond donors (Lipinski definition) is 1. The number of thiophene rings is 1. The summed E-state index contributed by atoms with van der Waals surface area (Å²) in [7, 11) is 0. The van der Waals surface area contributed by atoms with Gasteiger partial charge in [0.15, 0.2) is 0 Å². The third kappa shape index (κ3) is 1.89. The molecule has 0 aliphatic heterocycles. The average molecular weight is 224 g/mol. The summed E-state index contributed by atoms with van der Waals surface area (Å²) >= 11 is 1.52. The molecule has 2 heterocycles. The lowest BCUT2D eigenvalue weighted by atomic mass is 10.4. The van der Waals surface area contributed by atoms with Crippen LogP contribution >= 0.6 is 11.3 Å². The third-order valence-corrected chi connectivity index (χ3v) is 3.06. The standard InChI is InChI=1S/C9H8N2O3S/c1-2-5-3-4-6(15-5)8-10-7(9(12)13)11-14-8/h3-4H,2H2,1H3,(H,12,13). The van der Waals surface area contributed by atoms with E-state index in [9.17, 15) is 4.79 Å². The van der Waals surface area contributed by atoms with E-state index in [4.69, 9.17) is 9.63 Å². The highest BCUT2D eigenvalue weighted by Crippen LogP contribution is 2.26. The first-order valence-corrected chi connectivity index (χ1v) is 5.18. The minimum Gasteiger partial charge on any atom is -0.475 e. The summed E-state index contributed by atoms with van der Waals surface area (Å²) in [6.45, 7) is 2.05. The molecule has 2 aromatic rings. The van der Waals surface area contributed by atoms with Crippen LogP contribution in [0.3, 0.4) is 0 Å². The van der Waals surface area contributed by atoms with Crippen LogP contribution in [0, 0.1) is 0 Å². The molecule has 15 heavy (non-hydrogen) atoms. The lowest BCUT2D eigenvalue weighted by Gasteiger charge is -1.84. The van der Waals surface area contributed by atoms with Crippen LogP contribution in [-0.4, -0.2) is 21.2 Å². The topological polar surface area (TPSA) is 76.2 Å². The second-order valence-corrected chi connectivity index (χ2v) is 4.02. The van der Waals surface area contributed by atoms with Crippen molar-refractivity contribution < 1.29 is 14.4 Å². The van der Waals surface area contributed by atoms with Gasteiger partial charge in [0.05, 0.1) is 4.88 Å². The van der Waals surface area contributed by atoms with Crippen LogP contribution in [0.15, 0.2) is 16.7 Å². The van der Waals surface area contributed by atoms with E-state index < -0.39 is 5.97 Å². The molecule has 0 spiro atoms. The number of rotatable bonds is 3. The molecule has 0 saturated heterocycles. The summed E-state index contributed by atoms with van der Waals surface area (Å²) < 4.78 is 4.84. The van der Waals surface area contributed by atoms with Crippen molar-refractivity contribution in [2.24, 2.45) is 0 Å². The molecule has 2 rings (SSSR count). The number of nitrogens with zero attached hydrogens (tertiary/aromatic N) is 2. The molecule has 0 atom stereocenters. The van der Waals surface area contributed by atoms with Crippen LogP contribution in [0.5, 0.6) is 0 Å². The number of carbonyl (C=O) groups is 1. The van der Waals surface area contributed by atoms with E-state index in [0.717, 1.165) is 11.3 Å². The lowest BCUT2D eigenvalue weighted by Crippen LogP contribution is -1.97. The van der Waals surface area contributed by atoms with Crippen LogP contribution in [0.25, 0.3) is 10.8 Å². The number of aromatic nitrogens is 2. The van der Waals surface area contributed by atoms with Gasteiger partial charge in [0.25, 0.3) is 11.7 Å². The largest absolute Gasteiger partial charge is 0.475 e. The van der Waals surface area contributed by atoms with Crippen LogP contribution < -0.4 is 0 Å². The van der Waals surface area contributed by atoms with Crippen LogP contribution in [-0.2, 0) is 6.42 Å². The summed E-state index contributed by atoms with van der Waals surface area (Å²) in [6.07, 6.45) is 0.935. The Hall–Kier alpha value is -1.69. The zero-order valence-corrected chi connectivity index (χ0v) is 8.74. The van der Waals surface area contributed by atoms with Crippen molar-refractivity contribution in [1.82, 2.24) is 10.1 Å². The summed E-state index contributed by atoms with van der Waals surface area (Å²) in [6, 6.07) is 3.81. The zero-order valence-electron chi connectivity index (χ0n) is 7.93. The highest BCUT2D eigenvalue weighted by Gasteiger charge is 2.15. The molecule has 0 radical (unpaired) electrons. The molecule has 78 valence electrons. The van der Waals surface area contributed by atoms with E-state index in [1.165, 1.54) is 16.2 Å². The Labute approximate surface area is 89.4 Å². The van der Waals surface area contributed by atoms with Gasteiger partial charge in [0.1, 0.15) is 0 Å². The van der Waals surface area contributed by atoms with Gasteiger partial charge in [-0.25, -0.2) is 4.79 Å². The fourth-order valence-corrected chi connectivity index (χ4v) is 1.96. The highest BCUT2D eigenvalue weighted by molar-refractivity contribution is 7.15. The van der Waals surface area contributed by atoms with Crippen molar-refractivity contribution >= 4 is 17.3 Å². The van der Waals surface area contributed by atoms with Crippen molar-refractivity contribution in [2.75, 3.05) is 0 Å². The third-order valence-electron chi connectivity index (χ3n) is 1.84. The van der Waals surface area contributed by atoms with Crippen molar-refractivity contribution in [3.8, 4) is 10.8 Å². The van der Waals surface area contributed by atoms with Gasteiger partial charge in [-0.15, -0.1) is 11.3 Å². The average Bonchev–Trinajstić information content (AvgIpc) is 2.86. The van der Waals surface area contributed by atoms with Gasteiger partial charge in [-0.05, 0) is 23.7 Å². The molecule has 6 heteroatoms. The van der Waals surface area contributed by atoms with Gasteiger partial charge in [0, 0.05) is 4.88 Å². The second-order valence-electron chi connectivity index (χ2n) is 2.85. The smallest absolute Gasteiger partial charge is 0.377 e. The van der Waals surface area contributed by atoms with Crippen molar-refractivity contribution in [3.05, 3.63) is 22.8 Å². The Kier molecular flexibility index (Phi) is 2.51. The maximum atomic E-state index is 10.5. The van der Waals surface area contributed by atoms with E-state index in [-0.39, 0.29) is 11.7 Å². The van der Waals surface area contributed by atoms with Gasteiger partial charge >= 0.3 is 5.97 Å². The molecule has 0 unspecified atom stereocenters.